The van der Waals surface area contributed by atoms with Gasteiger partial charge in [0.1, 0.15) is 11.6 Å². The molecular weight excluding hydrogens is 361 g/mol. The quantitative estimate of drug-likeness (QED) is 0.206. The van der Waals surface area contributed by atoms with Crippen LogP contribution in [0.1, 0.15) is 26.3 Å². The third-order valence-corrected chi connectivity index (χ3v) is 3.63. The topological polar surface area (TPSA) is 104 Å². The van der Waals surface area contributed by atoms with Crippen LogP contribution in [-0.2, 0) is 4.79 Å². The minimum absolute atomic E-state index is 0.462. The molecule has 0 aliphatic carbocycles. The van der Waals surface area contributed by atoms with Crippen molar-refractivity contribution in [1.82, 2.24) is 0 Å². The number of hydrogen-bond donors (Lipinski definition) is 1. The van der Waals surface area contributed by atoms with E-state index in [1.807, 2.05) is 0 Å². The summed E-state index contributed by atoms with van der Waals surface area (Å²) < 4.78 is 37.2. The Bertz CT molecular complexity index is 789. The molecule has 0 saturated heterocycles. The summed E-state index contributed by atoms with van der Waals surface area (Å²) in [5.74, 6) is -1.70. The van der Waals surface area contributed by atoms with Crippen LogP contribution in [0.25, 0.3) is 5.76 Å². The Balaban J connectivity index is 3.55. The molecule has 0 unspecified atom stereocenters. The molecule has 0 spiro atoms. The molecule has 1 aromatic carbocycles. The molecule has 0 amide bonds. The number of halogens is 3. The predicted octanol–water partition coefficient (Wildman–Crippen LogP) is 4.61. The third kappa shape index (κ3) is 5.22. The first-order chi connectivity index (χ1) is 11.3. The molecule has 0 aliphatic heterocycles. The summed E-state index contributed by atoms with van der Waals surface area (Å²) in [4.78, 5) is 21.9. The van der Waals surface area contributed by atoms with Gasteiger partial charge in [-0.1, -0.05) is 20.8 Å². The number of hydrogen-bond acceptors (Lipinski definition) is 6. The number of benzene rings is 1. The van der Waals surface area contributed by atoms with Crippen molar-refractivity contribution in [3.8, 4) is 6.07 Å². The van der Waals surface area contributed by atoms with Gasteiger partial charge in [0.15, 0.2) is 11.5 Å². The SMILES string of the molecule is CC(C)(C)C(=O)C(C#N)=C(O)c1ccc(SC(F)(F)F)cc1[N+](=O)[O-]. The van der Waals surface area contributed by atoms with Gasteiger partial charge in [0.2, 0.25) is 0 Å². The Morgan fingerprint density at radius 2 is 1.88 bits per heavy atom. The number of Topliss-reactive ketones (excluding diaryl/α,β-unsaturated/α-hetero) is 1. The lowest BCUT2D eigenvalue weighted by Gasteiger charge is -2.16. The van der Waals surface area contributed by atoms with E-state index in [4.69, 9.17) is 5.26 Å². The number of aliphatic hydroxyl groups excluding tert-OH is 1. The van der Waals surface area contributed by atoms with Crippen molar-refractivity contribution in [2.45, 2.75) is 31.2 Å². The van der Waals surface area contributed by atoms with E-state index in [1.54, 1.807) is 0 Å². The zero-order chi connectivity index (χ0) is 19.6. The molecule has 0 radical (unpaired) electrons. The average Bonchev–Trinajstić information content (AvgIpc) is 2.44. The molecule has 0 fully saturated rings. The molecule has 0 atom stereocenters. The van der Waals surface area contributed by atoms with Crippen LogP contribution in [0.5, 0.6) is 0 Å². The fourth-order valence-corrected chi connectivity index (χ4v) is 2.35. The Labute approximate surface area is 145 Å². The lowest BCUT2D eigenvalue weighted by Crippen LogP contribution is -2.22. The number of allylic oxidation sites excluding steroid dienone is 1. The van der Waals surface area contributed by atoms with Gasteiger partial charge in [0.05, 0.1) is 10.5 Å². The van der Waals surface area contributed by atoms with Crippen LogP contribution in [0, 0.1) is 26.9 Å². The number of carbonyl (C=O) groups is 1. The largest absolute Gasteiger partial charge is 0.506 e. The molecule has 0 aromatic heterocycles. The van der Waals surface area contributed by atoms with E-state index in [-0.39, 0.29) is 0 Å². The van der Waals surface area contributed by atoms with Gasteiger partial charge in [0, 0.05) is 16.4 Å². The highest BCUT2D eigenvalue weighted by molar-refractivity contribution is 8.00. The molecule has 0 saturated carbocycles. The van der Waals surface area contributed by atoms with E-state index >= 15 is 0 Å². The molecule has 1 aromatic rings. The van der Waals surface area contributed by atoms with Gasteiger partial charge in [-0.2, -0.15) is 18.4 Å². The fraction of sp³-hybridized carbons (Fsp3) is 0.333. The fourth-order valence-electron chi connectivity index (χ4n) is 1.78. The van der Waals surface area contributed by atoms with E-state index in [0.29, 0.717) is 6.07 Å². The van der Waals surface area contributed by atoms with E-state index in [9.17, 15) is 33.2 Å². The highest BCUT2D eigenvalue weighted by Gasteiger charge is 2.33. The van der Waals surface area contributed by atoms with E-state index in [0.717, 1.165) is 12.1 Å². The van der Waals surface area contributed by atoms with Crippen LogP contribution in [0.3, 0.4) is 0 Å². The second kappa shape index (κ2) is 7.14. The van der Waals surface area contributed by atoms with Crippen LogP contribution in [0.4, 0.5) is 18.9 Å². The molecule has 25 heavy (non-hydrogen) atoms. The Morgan fingerprint density at radius 1 is 1.32 bits per heavy atom. The number of rotatable bonds is 4. The smallest absolute Gasteiger partial charge is 0.446 e. The normalized spacial score (nSPS) is 13.0. The van der Waals surface area contributed by atoms with Crippen LogP contribution in [0.15, 0.2) is 28.7 Å². The molecule has 1 N–H and O–H groups in total. The van der Waals surface area contributed by atoms with Crippen molar-refractivity contribution >= 4 is 29.0 Å². The van der Waals surface area contributed by atoms with Gasteiger partial charge in [-0.3, -0.25) is 14.9 Å². The number of nitriles is 1. The Kier molecular flexibility index (Phi) is 5.86. The van der Waals surface area contributed by atoms with Crippen molar-refractivity contribution in [3.63, 3.8) is 0 Å². The van der Waals surface area contributed by atoms with Gasteiger partial charge in [-0.05, 0) is 23.9 Å². The maximum atomic E-state index is 12.4. The predicted molar refractivity (Wildman–Crippen MR) is 84.6 cm³/mol. The molecule has 1 rings (SSSR count). The summed E-state index contributed by atoms with van der Waals surface area (Å²) >= 11 is -0.557. The highest BCUT2D eigenvalue weighted by Crippen LogP contribution is 2.40. The molecular formula is C15H13F3N2O4S. The summed E-state index contributed by atoms with van der Waals surface area (Å²) in [5, 5.41) is 30.4. The molecule has 134 valence electrons. The lowest BCUT2D eigenvalue weighted by molar-refractivity contribution is -0.385. The van der Waals surface area contributed by atoms with Crippen molar-refractivity contribution in [1.29, 1.82) is 5.26 Å². The third-order valence-electron chi connectivity index (χ3n) is 2.91. The van der Waals surface area contributed by atoms with Crippen LogP contribution in [-0.4, -0.2) is 21.3 Å². The number of aliphatic hydroxyl groups is 1. The minimum Gasteiger partial charge on any atom is -0.506 e. The van der Waals surface area contributed by atoms with Gasteiger partial charge >= 0.3 is 5.51 Å². The highest BCUT2D eigenvalue weighted by atomic mass is 32.2. The van der Waals surface area contributed by atoms with E-state index < -0.39 is 60.9 Å². The first kappa shape index (κ1) is 20.5. The summed E-state index contributed by atoms with van der Waals surface area (Å²) in [6, 6.07) is 3.90. The second-order valence-corrected chi connectivity index (χ2v) is 7.04. The molecule has 0 aliphatic rings. The number of carbonyl (C=O) groups excluding carboxylic acids is 1. The first-order valence-corrected chi connectivity index (χ1v) is 7.52. The molecule has 6 nitrogen and oxygen atoms in total. The summed E-state index contributed by atoms with van der Waals surface area (Å²) in [5.41, 5.74) is -7.74. The van der Waals surface area contributed by atoms with E-state index in [2.05, 4.69) is 0 Å². The standard InChI is InChI=1S/C15H13F3N2O4S/c1-14(2,3)13(22)10(7-19)12(21)9-5-4-8(25-15(16,17)18)6-11(9)20(23)24/h4-6,21H,1-3H3. The number of alkyl halides is 3. The molecule has 0 bridgehead atoms. The Hall–Kier alpha value is -2.54. The zero-order valence-electron chi connectivity index (χ0n) is 13.3. The van der Waals surface area contributed by atoms with Crippen LogP contribution in [0.2, 0.25) is 0 Å². The number of nitro benzene ring substituents is 1. The van der Waals surface area contributed by atoms with Gasteiger partial charge in [-0.15, -0.1) is 0 Å². The van der Waals surface area contributed by atoms with Crippen LogP contribution < -0.4 is 0 Å². The average molecular weight is 374 g/mol. The first-order valence-electron chi connectivity index (χ1n) is 6.70. The minimum atomic E-state index is -4.65. The number of thioether (sulfide) groups is 1. The van der Waals surface area contributed by atoms with E-state index in [1.165, 1.54) is 26.8 Å². The summed E-state index contributed by atoms with van der Waals surface area (Å²) in [6.07, 6.45) is 0. The van der Waals surface area contributed by atoms with Gasteiger partial charge < -0.3 is 5.11 Å². The maximum absolute atomic E-state index is 12.4. The molecule has 10 heteroatoms. The van der Waals surface area contributed by atoms with Crippen molar-refractivity contribution in [3.05, 3.63) is 39.4 Å². The molecule has 0 heterocycles. The number of nitro groups is 1. The second-order valence-electron chi connectivity index (χ2n) is 5.90. The maximum Gasteiger partial charge on any atom is 0.446 e. The Morgan fingerprint density at radius 3 is 2.28 bits per heavy atom. The lowest BCUT2D eigenvalue weighted by atomic mass is 9.85. The zero-order valence-corrected chi connectivity index (χ0v) is 14.2. The van der Waals surface area contributed by atoms with Crippen molar-refractivity contribution < 1.29 is 28.0 Å². The van der Waals surface area contributed by atoms with Crippen molar-refractivity contribution in [2.24, 2.45) is 5.41 Å². The summed E-state index contributed by atoms with van der Waals surface area (Å²) in [6.45, 7) is 4.45. The monoisotopic (exact) mass is 374 g/mol. The number of nitrogens with zero attached hydrogens (tertiary/aromatic N) is 2. The van der Waals surface area contributed by atoms with Crippen molar-refractivity contribution in [2.75, 3.05) is 0 Å². The van der Waals surface area contributed by atoms with Crippen LogP contribution >= 0.6 is 11.8 Å². The summed E-state index contributed by atoms with van der Waals surface area (Å²) in [7, 11) is 0. The van der Waals surface area contributed by atoms with Gasteiger partial charge in [0.25, 0.3) is 5.69 Å². The van der Waals surface area contributed by atoms with Gasteiger partial charge in [-0.25, -0.2) is 0 Å². The number of ketones is 1.